The molecule has 3 aromatic heterocycles. The minimum absolute atomic E-state index is 0.0474. The highest BCUT2D eigenvalue weighted by Gasteiger charge is 2.21. The smallest absolute Gasteiger partial charge is 0.116 e. The summed E-state index contributed by atoms with van der Waals surface area (Å²) in [5, 5.41) is 4.67. The van der Waals surface area contributed by atoms with Gasteiger partial charge in [0.2, 0.25) is 0 Å². The Kier molecular flexibility index (Phi) is 4.73. The van der Waals surface area contributed by atoms with Crippen molar-refractivity contribution < 1.29 is 0 Å². The topological polar surface area (TPSA) is 25.8 Å². The first kappa shape index (κ1) is 19.7. The molecule has 0 fully saturated rings. The van der Waals surface area contributed by atoms with Gasteiger partial charge in [-0.05, 0) is 58.3 Å². The molecular formula is C25H22N2S3. The average Bonchev–Trinajstić information content (AvgIpc) is 3.31. The maximum atomic E-state index is 4.93. The molecule has 5 rings (SSSR count). The molecule has 0 saturated heterocycles. The lowest BCUT2D eigenvalue weighted by atomic mass is 9.85. The third kappa shape index (κ3) is 3.25. The SMILES string of the molecule is Cc1cc2cccc(-c3ncnc(-c4cc(C(C)(C)C)c5sccc5c4)c3S)c2s1. The third-order valence-electron chi connectivity index (χ3n) is 5.38. The lowest BCUT2D eigenvalue weighted by Crippen LogP contribution is -2.11. The Balaban J connectivity index is 1.74. The van der Waals surface area contributed by atoms with Crippen molar-refractivity contribution in [2.24, 2.45) is 0 Å². The molecule has 0 aliphatic carbocycles. The van der Waals surface area contributed by atoms with Crippen LogP contribution < -0.4 is 0 Å². The van der Waals surface area contributed by atoms with Crippen LogP contribution in [-0.4, -0.2) is 9.97 Å². The predicted molar refractivity (Wildman–Crippen MR) is 134 cm³/mol. The summed E-state index contributed by atoms with van der Waals surface area (Å²) >= 11 is 8.54. The first-order valence-corrected chi connectivity index (χ1v) is 12.0. The molecule has 2 nitrogen and oxygen atoms in total. The van der Waals surface area contributed by atoms with Gasteiger partial charge < -0.3 is 0 Å². The van der Waals surface area contributed by atoms with Crippen molar-refractivity contribution in [2.45, 2.75) is 38.0 Å². The lowest BCUT2D eigenvalue weighted by molar-refractivity contribution is 0.597. The summed E-state index contributed by atoms with van der Waals surface area (Å²) in [5.74, 6) is 0. The summed E-state index contributed by atoms with van der Waals surface area (Å²) in [5.41, 5.74) is 5.37. The van der Waals surface area contributed by atoms with Crippen LogP contribution in [0.4, 0.5) is 0 Å². The number of aromatic nitrogens is 2. The molecule has 0 radical (unpaired) electrons. The number of thiophene rings is 2. The van der Waals surface area contributed by atoms with Crippen molar-refractivity contribution in [3.63, 3.8) is 0 Å². The Morgan fingerprint density at radius 3 is 2.47 bits per heavy atom. The summed E-state index contributed by atoms with van der Waals surface area (Å²) < 4.78 is 2.60. The van der Waals surface area contributed by atoms with E-state index in [9.17, 15) is 0 Å². The van der Waals surface area contributed by atoms with Crippen LogP contribution in [0.5, 0.6) is 0 Å². The van der Waals surface area contributed by atoms with Crippen LogP contribution in [0.25, 0.3) is 42.7 Å². The molecule has 0 unspecified atom stereocenters. The Morgan fingerprint density at radius 1 is 0.900 bits per heavy atom. The monoisotopic (exact) mass is 446 g/mol. The van der Waals surface area contributed by atoms with Crippen LogP contribution in [0, 0.1) is 6.92 Å². The highest BCUT2D eigenvalue weighted by Crippen LogP contribution is 2.41. The van der Waals surface area contributed by atoms with E-state index in [-0.39, 0.29) is 5.41 Å². The molecule has 30 heavy (non-hydrogen) atoms. The Morgan fingerprint density at radius 2 is 1.67 bits per heavy atom. The fourth-order valence-electron chi connectivity index (χ4n) is 3.94. The van der Waals surface area contributed by atoms with Gasteiger partial charge >= 0.3 is 0 Å². The van der Waals surface area contributed by atoms with Crippen molar-refractivity contribution in [3.05, 3.63) is 64.6 Å². The maximum absolute atomic E-state index is 4.93. The van der Waals surface area contributed by atoms with Crippen LogP contribution in [0.1, 0.15) is 31.2 Å². The van der Waals surface area contributed by atoms with Crippen LogP contribution in [0.15, 0.2) is 59.1 Å². The molecule has 2 aromatic carbocycles. The second-order valence-corrected chi connectivity index (χ2v) is 11.2. The van der Waals surface area contributed by atoms with Crippen LogP contribution in [0.2, 0.25) is 0 Å². The van der Waals surface area contributed by atoms with E-state index < -0.39 is 0 Å². The zero-order valence-corrected chi connectivity index (χ0v) is 19.9. The van der Waals surface area contributed by atoms with Gasteiger partial charge in [0.05, 0.1) is 16.3 Å². The molecule has 3 heterocycles. The van der Waals surface area contributed by atoms with Gasteiger partial charge in [0.1, 0.15) is 6.33 Å². The van der Waals surface area contributed by atoms with Crippen LogP contribution in [0.3, 0.4) is 0 Å². The quantitative estimate of drug-likeness (QED) is 0.277. The number of rotatable bonds is 2. The van der Waals surface area contributed by atoms with E-state index in [1.54, 1.807) is 29.0 Å². The molecule has 0 aliphatic rings. The number of hydrogen-bond donors (Lipinski definition) is 1. The summed E-state index contributed by atoms with van der Waals surface area (Å²) in [6.07, 6.45) is 1.66. The van der Waals surface area contributed by atoms with E-state index in [0.29, 0.717) is 0 Å². The number of fused-ring (bicyclic) bond motifs is 2. The van der Waals surface area contributed by atoms with E-state index in [1.165, 1.54) is 30.6 Å². The molecular weight excluding hydrogens is 424 g/mol. The van der Waals surface area contributed by atoms with Crippen molar-refractivity contribution in [3.8, 4) is 22.5 Å². The zero-order valence-electron chi connectivity index (χ0n) is 17.4. The van der Waals surface area contributed by atoms with Gasteiger partial charge in [0.15, 0.2) is 0 Å². The fraction of sp³-hybridized carbons (Fsp3) is 0.200. The zero-order chi connectivity index (χ0) is 21.0. The second kappa shape index (κ2) is 7.19. The molecule has 0 atom stereocenters. The van der Waals surface area contributed by atoms with Gasteiger partial charge in [0, 0.05) is 25.4 Å². The van der Waals surface area contributed by atoms with E-state index in [1.807, 2.05) is 0 Å². The van der Waals surface area contributed by atoms with E-state index >= 15 is 0 Å². The summed E-state index contributed by atoms with van der Waals surface area (Å²) in [6, 6.07) is 15.3. The summed E-state index contributed by atoms with van der Waals surface area (Å²) in [7, 11) is 0. The molecule has 0 saturated carbocycles. The van der Waals surface area contributed by atoms with E-state index in [4.69, 9.17) is 12.6 Å². The lowest BCUT2D eigenvalue weighted by Gasteiger charge is -2.21. The molecule has 5 aromatic rings. The minimum Gasteiger partial charge on any atom is -0.235 e. The fourth-order valence-corrected chi connectivity index (χ4v) is 6.44. The van der Waals surface area contributed by atoms with Gasteiger partial charge in [-0.25, -0.2) is 9.97 Å². The molecule has 0 aliphatic heterocycles. The minimum atomic E-state index is 0.0474. The highest BCUT2D eigenvalue weighted by atomic mass is 32.1. The maximum Gasteiger partial charge on any atom is 0.116 e. The number of nitrogens with zero attached hydrogens (tertiary/aromatic N) is 2. The number of hydrogen-bond acceptors (Lipinski definition) is 5. The first-order chi connectivity index (χ1) is 14.3. The van der Waals surface area contributed by atoms with Gasteiger partial charge in [-0.3, -0.25) is 0 Å². The molecule has 0 N–H and O–H groups in total. The molecule has 0 amide bonds. The number of benzene rings is 2. The number of aryl methyl sites for hydroxylation is 1. The highest BCUT2D eigenvalue weighted by molar-refractivity contribution is 7.80. The van der Waals surface area contributed by atoms with Gasteiger partial charge in [-0.2, -0.15) is 0 Å². The summed E-state index contributed by atoms with van der Waals surface area (Å²) in [6.45, 7) is 8.93. The molecule has 5 heteroatoms. The number of thiol groups is 1. The Bertz CT molecular complexity index is 1400. The predicted octanol–water partition coefficient (Wildman–Crippen LogP) is 8.13. The van der Waals surface area contributed by atoms with Gasteiger partial charge in [0.25, 0.3) is 0 Å². The molecule has 150 valence electrons. The van der Waals surface area contributed by atoms with Crippen molar-refractivity contribution in [2.75, 3.05) is 0 Å². The van der Waals surface area contributed by atoms with Crippen LogP contribution in [-0.2, 0) is 5.41 Å². The second-order valence-electron chi connectivity index (χ2n) is 8.61. The standard InChI is InChI=1S/C25H22N2S3/c1-14-10-15-6-5-7-18(23(15)30-14)21-22(28)20(26-13-27-21)17-11-16-8-9-29-24(16)19(12-17)25(2,3)4/h5-13,28H,1-4H3. The summed E-state index contributed by atoms with van der Waals surface area (Å²) in [4.78, 5) is 11.4. The first-order valence-electron chi connectivity index (χ1n) is 9.88. The largest absolute Gasteiger partial charge is 0.235 e. The van der Waals surface area contributed by atoms with Crippen molar-refractivity contribution >= 4 is 55.5 Å². The molecule has 0 bridgehead atoms. The van der Waals surface area contributed by atoms with Gasteiger partial charge in [-0.1, -0.05) is 39.0 Å². The normalized spacial score (nSPS) is 12.2. The Labute approximate surface area is 190 Å². The van der Waals surface area contributed by atoms with E-state index in [0.717, 1.165) is 27.4 Å². The van der Waals surface area contributed by atoms with Crippen molar-refractivity contribution in [1.82, 2.24) is 9.97 Å². The Hall–Kier alpha value is -2.21. The average molecular weight is 447 g/mol. The van der Waals surface area contributed by atoms with Gasteiger partial charge in [-0.15, -0.1) is 35.3 Å². The van der Waals surface area contributed by atoms with Crippen LogP contribution >= 0.6 is 35.3 Å². The third-order valence-corrected chi connectivity index (χ3v) is 7.86. The molecule has 0 spiro atoms. The van der Waals surface area contributed by atoms with E-state index in [2.05, 4.69) is 85.5 Å². The van der Waals surface area contributed by atoms with Crippen molar-refractivity contribution in [1.29, 1.82) is 0 Å².